The normalized spacial score (nSPS) is 12.9. The van der Waals surface area contributed by atoms with Gasteiger partial charge in [0.25, 0.3) is 5.56 Å². The van der Waals surface area contributed by atoms with Crippen molar-refractivity contribution in [2.45, 2.75) is 78.4 Å². The highest BCUT2D eigenvalue weighted by atomic mass is 16.1. The number of fused-ring (bicyclic) bond motifs is 1. The van der Waals surface area contributed by atoms with Gasteiger partial charge in [0, 0.05) is 18.7 Å². The Morgan fingerprint density at radius 2 is 1.86 bits per heavy atom. The molecule has 0 amide bonds. The van der Waals surface area contributed by atoms with Gasteiger partial charge in [-0.15, -0.1) is 5.10 Å². The zero-order valence-electron chi connectivity index (χ0n) is 22.2. The number of nitrogens with one attached hydrogen (secondary N) is 1. The third-order valence-corrected chi connectivity index (χ3v) is 7.30. The number of aryl methyl sites for hydroxylation is 1. The Balaban J connectivity index is 1.75. The van der Waals surface area contributed by atoms with Crippen LogP contribution in [0.3, 0.4) is 0 Å². The van der Waals surface area contributed by atoms with Gasteiger partial charge in [0.05, 0.1) is 17.1 Å². The molecule has 190 valence electrons. The maximum Gasteiger partial charge on any atom is 0.252 e. The summed E-state index contributed by atoms with van der Waals surface area (Å²) in [6, 6.07) is 18.7. The summed E-state index contributed by atoms with van der Waals surface area (Å²) in [7, 11) is 0. The number of aromatic amines is 1. The average molecular weight is 487 g/mol. The molecule has 0 saturated carbocycles. The van der Waals surface area contributed by atoms with E-state index in [1.165, 1.54) is 5.56 Å². The number of pyridine rings is 1. The van der Waals surface area contributed by atoms with E-state index in [1.807, 2.05) is 35.9 Å². The van der Waals surface area contributed by atoms with Gasteiger partial charge in [-0.05, 0) is 73.0 Å². The van der Waals surface area contributed by atoms with Gasteiger partial charge in [0.1, 0.15) is 0 Å². The molecule has 2 aromatic carbocycles. The van der Waals surface area contributed by atoms with E-state index < -0.39 is 0 Å². The van der Waals surface area contributed by atoms with Gasteiger partial charge >= 0.3 is 0 Å². The van der Waals surface area contributed by atoms with Gasteiger partial charge in [0.2, 0.25) is 0 Å². The molecule has 0 saturated heterocycles. The van der Waals surface area contributed by atoms with Crippen LogP contribution in [0.25, 0.3) is 10.9 Å². The van der Waals surface area contributed by atoms with Gasteiger partial charge in [-0.1, -0.05) is 68.8 Å². The predicted molar refractivity (Wildman–Crippen MR) is 145 cm³/mol. The molecule has 2 heterocycles. The molecule has 2 aromatic heterocycles. The zero-order chi connectivity index (χ0) is 25.7. The lowest BCUT2D eigenvalue weighted by molar-refractivity contribution is 0.155. The molecule has 0 aliphatic heterocycles. The van der Waals surface area contributed by atoms with Gasteiger partial charge < -0.3 is 4.98 Å². The minimum Gasteiger partial charge on any atom is -0.321 e. The fourth-order valence-corrected chi connectivity index (χ4v) is 4.76. The highest BCUT2D eigenvalue weighted by molar-refractivity contribution is 5.81. The highest BCUT2D eigenvalue weighted by Gasteiger charge is 2.31. The van der Waals surface area contributed by atoms with Crippen LogP contribution in [0.15, 0.2) is 59.4 Å². The molecule has 4 aromatic rings. The summed E-state index contributed by atoms with van der Waals surface area (Å²) in [5.74, 6) is 0.866. The first-order valence-corrected chi connectivity index (χ1v) is 13.0. The zero-order valence-corrected chi connectivity index (χ0v) is 22.2. The van der Waals surface area contributed by atoms with E-state index in [2.05, 4.69) is 83.4 Å². The molecule has 1 atom stereocenters. The minimum absolute atomic E-state index is 0.00727. The van der Waals surface area contributed by atoms with E-state index in [0.29, 0.717) is 6.54 Å². The van der Waals surface area contributed by atoms with E-state index in [-0.39, 0.29) is 17.1 Å². The molecule has 36 heavy (non-hydrogen) atoms. The molecule has 0 radical (unpaired) electrons. The Hall–Kier alpha value is -3.32. The molecular formula is C29H38N6O. The monoisotopic (exact) mass is 486 g/mol. The molecule has 7 nitrogen and oxygen atoms in total. The maximum atomic E-state index is 13.2. The Morgan fingerprint density at radius 1 is 1.08 bits per heavy atom. The number of hydrogen-bond donors (Lipinski definition) is 1. The maximum absolute atomic E-state index is 13.2. The van der Waals surface area contributed by atoms with Crippen molar-refractivity contribution >= 4 is 10.9 Å². The first-order chi connectivity index (χ1) is 17.3. The molecule has 0 unspecified atom stereocenters. The van der Waals surface area contributed by atoms with E-state index in [9.17, 15) is 4.79 Å². The van der Waals surface area contributed by atoms with Crippen LogP contribution in [0.1, 0.15) is 75.5 Å². The fourth-order valence-electron chi connectivity index (χ4n) is 4.76. The molecule has 0 bridgehead atoms. The molecule has 4 rings (SSSR count). The van der Waals surface area contributed by atoms with Gasteiger partial charge in [-0.25, -0.2) is 4.68 Å². The van der Waals surface area contributed by atoms with Crippen molar-refractivity contribution in [2.75, 3.05) is 6.54 Å². The highest BCUT2D eigenvalue weighted by Crippen LogP contribution is 2.30. The van der Waals surface area contributed by atoms with Crippen LogP contribution in [0.2, 0.25) is 0 Å². The smallest absolute Gasteiger partial charge is 0.252 e. The lowest BCUT2D eigenvalue weighted by Crippen LogP contribution is -2.37. The topological polar surface area (TPSA) is 79.7 Å². The summed E-state index contributed by atoms with van der Waals surface area (Å²) >= 11 is 0. The summed E-state index contributed by atoms with van der Waals surface area (Å²) in [5.41, 5.74) is 3.77. The second-order valence-electron chi connectivity index (χ2n) is 10.3. The van der Waals surface area contributed by atoms with Crippen molar-refractivity contribution in [1.82, 2.24) is 30.1 Å². The number of rotatable bonds is 11. The van der Waals surface area contributed by atoms with Crippen molar-refractivity contribution in [2.24, 2.45) is 0 Å². The molecule has 7 heteroatoms. The Labute approximate surface area is 213 Å². The number of H-pyrrole nitrogens is 1. The van der Waals surface area contributed by atoms with Crippen molar-refractivity contribution in [3.05, 3.63) is 87.5 Å². The van der Waals surface area contributed by atoms with E-state index in [0.717, 1.165) is 60.1 Å². The summed E-state index contributed by atoms with van der Waals surface area (Å²) in [6.45, 7) is 12.0. The van der Waals surface area contributed by atoms with Crippen LogP contribution in [0.4, 0.5) is 0 Å². The van der Waals surface area contributed by atoms with Crippen LogP contribution in [0.5, 0.6) is 0 Å². The van der Waals surface area contributed by atoms with Crippen molar-refractivity contribution < 1.29 is 0 Å². The van der Waals surface area contributed by atoms with Crippen LogP contribution in [-0.2, 0) is 18.5 Å². The quantitative estimate of drug-likeness (QED) is 0.300. The van der Waals surface area contributed by atoms with Gasteiger partial charge in [-0.3, -0.25) is 9.69 Å². The molecule has 0 spiro atoms. The van der Waals surface area contributed by atoms with Gasteiger partial charge in [0.15, 0.2) is 5.82 Å². The lowest BCUT2D eigenvalue weighted by Gasteiger charge is -2.33. The number of para-hydroxylation sites is 1. The van der Waals surface area contributed by atoms with Crippen LogP contribution >= 0.6 is 0 Å². The van der Waals surface area contributed by atoms with E-state index in [4.69, 9.17) is 0 Å². The third-order valence-electron chi connectivity index (χ3n) is 7.30. The van der Waals surface area contributed by atoms with Gasteiger partial charge in [-0.2, -0.15) is 0 Å². The van der Waals surface area contributed by atoms with Crippen molar-refractivity contribution in [1.29, 1.82) is 0 Å². The number of nitrogens with zero attached hydrogens (tertiary/aromatic N) is 5. The Morgan fingerprint density at radius 3 is 2.58 bits per heavy atom. The first-order valence-electron chi connectivity index (χ1n) is 13.0. The standard InChI is InChI=1S/C29H38N6O/c1-6-12-25(27-31-32-33-35(27)29(4,5)7-2)34(18-17-22-14-9-8-10-15-22)20-24-19-23-16-11-13-21(3)26(23)30-28(24)36/h8-11,13-16,19,25H,6-7,12,17-18,20H2,1-5H3,(H,30,36)/t25-/m1/s1. The number of benzene rings is 2. The van der Waals surface area contributed by atoms with Crippen molar-refractivity contribution in [3.8, 4) is 0 Å². The van der Waals surface area contributed by atoms with E-state index >= 15 is 0 Å². The summed E-state index contributed by atoms with van der Waals surface area (Å²) in [5, 5.41) is 14.1. The number of aromatic nitrogens is 5. The molecule has 1 N–H and O–H groups in total. The Kier molecular flexibility index (Phi) is 7.99. The second kappa shape index (κ2) is 11.2. The predicted octanol–water partition coefficient (Wildman–Crippen LogP) is 5.55. The Bertz CT molecular complexity index is 1340. The SMILES string of the molecule is CCC[C@H](c1nnnn1C(C)(C)CC)N(CCc1ccccc1)Cc1cc2cccc(C)c2[nH]c1=O. The van der Waals surface area contributed by atoms with Crippen LogP contribution in [-0.4, -0.2) is 36.6 Å². The molecular weight excluding hydrogens is 448 g/mol. The molecule has 0 aliphatic carbocycles. The van der Waals surface area contributed by atoms with Crippen molar-refractivity contribution in [3.63, 3.8) is 0 Å². The summed E-state index contributed by atoms with van der Waals surface area (Å²) < 4.78 is 1.98. The second-order valence-corrected chi connectivity index (χ2v) is 10.3. The third kappa shape index (κ3) is 5.57. The lowest BCUT2D eigenvalue weighted by atomic mass is 10.00. The van der Waals surface area contributed by atoms with Crippen LogP contribution < -0.4 is 5.56 Å². The fraction of sp³-hybridized carbons (Fsp3) is 0.448. The number of tetrazole rings is 1. The summed E-state index contributed by atoms with van der Waals surface area (Å²) in [4.78, 5) is 18.7. The first kappa shape index (κ1) is 25.8. The molecule has 0 aliphatic rings. The minimum atomic E-state index is -0.201. The summed E-state index contributed by atoms with van der Waals surface area (Å²) in [6.07, 6.45) is 3.68. The average Bonchev–Trinajstić information content (AvgIpc) is 3.37. The largest absolute Gasteiger partial charge is 0.321 e. The van der Waals surface area contributed by atoms with Crippen LogP contribution in [0, 0.1) is 6.92 Å². The van der Waals surface area contributed by atoms with E-state index in [1.54, 1.807) is 0 Å². The number of hydrogen-bond acceptors (Lipinski definition) is 5. The molecule has 0 fully saturated rings.